The lowest BCUT2D eigenvalue weighted by Gasteiger charge is -2.09. The van der Waals surface area contributed by atoms with E-state index in [9.17, 15) is 14.7 Å². The van der Waals surface area contributed by atoms with Crippen molar-refractivity contribution in [2.24, 2.45) is 0 Å². The number of carbonyl (C=O) groups is 2. The fourth-order valence-corrected chi connectivity index (χ4v) is 3.97. The summed E-state index contributed by atoms with van der Waals surface area (Å²) >= 11 is 1.55. The molecular formula is C22H29NO4S. The highest BCUT2D eigenvalue weighted by Gasteiger charge is 2.27. The predicted octanol–water partition coefficient (Wildman–Crippen LogP) is 4.29. The lowest BCUT2D eigenvalue weighted by atomic mass is 10.00. The number of thiazole rings is 1. The number of hydrogen-bond acceptors (Lipinski definition) is 6. The Balaban J connectivity index is 1.92. The minimum atomic E-state index is -0.481. The minimum Gasteiger partial charge on any atom is -0.469 e. The highest BCUT2D eigenvalue weighted by atomic mass is 32.1. The number of aliphatic hydroxyl groups is 1. The maximum Gasteiger partial charge on any atom is 0.305 e. The highest BCUT2D eigenvalue weighted by molar-refractivity contribution is 7.09. The van der Waals surface area contributed by atoms with Crippen LogP contribution in [0.15, 0.2) is 41.3 Å². The van der Waals surface area contributed by atoms with Crippen molar-refractivity contribution in [3.8, 4) is 0 Å². The second-order valence-corrected chi connectivity index (χ2v) is 7.72. The van der Waals surface area contributed by atoms with Gasteiger partial charge in [-0.3, -0.25) is 9.59 Å². The number of aliphatic hydroxyl groups excluding tert-OH is 1. The number of nitrogens with zero attached hydrogens (tertiary/aromatic N) is 1. The van der Waals surface area contributed by atoms with Crippen molar-refractivity contribution in [1.82, 2.24) is 4.98 Å². The van der Waals surface area contributed by atoms with Gasteiger partial charge >= 0.3 is 5.97 Å². The molecule has 6 heteroatoms. The molecule has 152 valence electrons. The van der Waals surface area contributed by atoms with Crippen LogP contribution >= 0.6 is 11.3 Å². The second-order valence-electron chi connectivity index (χ2n) is 6.83. The molecule has 0 spiro atoms. The fourth-order valence-electron chi connectivity index (χ4n) is 3.02. The molecule has 2 rings (SSSR count). The zero-order valence-electron chi connectivity index (χ0n) is 16.6. The first kappa shape index (κ1) is 22.2. The summed E-state index contributed by atoms with van der Waals surface area (Å²) in [6.45, 7) is 2.06. The van der Waals surface area contributed by atoms with Crippen LogP contribution in [0.1, 0.15) is 62.1 Å². The monoisotopic (exact) mass is 403 g/mol. The average molecular weight is 404 g/mol. The van der Waals surface area contributed by atoms with E-state index in [1.54, 1.807) is 17.4 Å². The SMILES string of the molecule is CCC=CCC(O)CC=C1C(=O)C=CC1c1nc(CCCCC(=O)OC)cs1. The average Bonchev–Trinajstić information content (AvgIpc) is 3.30. The number of ketones is 1. The zero-order chi connectivity index (χ0) is 20.4. The van der Waals surface area contributed by atoms with Crippen molar-refractivity contribution >= 4 is 23.1 Å². The summed E-state index contributed by atoms with van der Waals surface area (Å²) in [5.74, 6) is -0.313. The first-order chi connectivity index (χ1) is 13.5. The molecule has 28 heavy (non-hydrogen) atoms. The Morgan fingerprint density at radius 1 is 1.36 bits per heavy atom. The van der Waals surface area contributed by atoms with E-state index in [0.717, 1.165) is 36.4 Å². The largest absolute Gasteiger partial charge is 0.469 e. The molecule has 1 aromatic heterocycles. The molecule has 1 aliphatic carbocycles. The van der Waals surface area contributed by atoms with E-state index in [0.29, 0.717) is 24.8 Å². The Hall–Kier alpha value is -2.05. The van der Waals surface area contributed by atoms with E-state index in [-0.39, 0.29) is 17.7 Å². The zero-order valence-corrected chi connectivity index (χ0v) is 17.4. The molecule has 0 aliphatic heterocycles. The number of allylic oxidation sites excluding steroid dienone is 4. The summed E-state index contributed by atoms with van der Waals surface area (Å²) in [5, 5.41) is 13.0. The molecule has 0 saturated carbocycles. The van der Waals surface area contributed by atoms with E-state index in [1.807, 2.05) is 29.7 Å². The Bertz CT molecular complexity index is 747. The van der Waals surface area contributed by atoms with Crippen molar-refractivity contribution in [2.75, 3.05) is 7.11 Å². The normalized spacial score (nSPS) is 19.0. The fraction of sp³-hybridized carbons (Fsp3) is 0.500. The van der Waals surface area contributed by atoms with Gasteiger partial charge in [0.1, 0.15) is 5.01 Å². The Morgan fingerprint density at radius 3 is 2.93 bits per heavy atom. The third-order valence-corrected chi connectivity index (χ3v) is 5.58. The third-order valence-electron chi connectivity index (χ3n) is 4.61. The third kappa shape index (κ3) is 6.84. The summed E-state index contributed by atoms with van der Waals surface area (Å²) in [7, 11) is 1.40. The number of carbonyl (C=O) groups excluding carboxylic acids is 2. The van der Waals surface area contributed by atoms with Gasteiger partial charge in [-0.05, 0) is 44.6 Å². The number of aryl methyl sites for hydroxylation is 1. The van der Waals surface area contributed by atoms with Gasteiger partial charge in [-0.2, -0.15) is 0 Å². The van der Waals surface area contributed by atoms with Crippen molar-refractivity contribution in [3.63, 3.8) is 0 Å². The van der Waals surface area contributed by atoms with Crippen molar-refractivity contribution in [2.45, 2.75) is 63.9 Å². The van der Waals surface area contributed by atoms with Crippen LogP contribution in [0, 0.1) is 0 Å². The Labute approximate surface area is 170 Å². The maximum atomic E-state index is 12.2. The summed E-state index contributed by atoms with van der Waals surface area (Å²) in [6, 6.07) is 0. The second kappa shape index (κ2) is 11.7. The molecule has 0 bridgehead atoms. The molecular weight excluding hydrogens is 374 g/mol. The van der Waals surface area contributed by atoms with Gasteiger partial charge in [-0.1, -0.05) is 31.2 Å². The number of unbranched alkanes of at least 4 members (excludes halogenated alkanes) is 1. The summed E-state index contributed by atoms with van der Waals surface area (Å²) in [4.78, 5) is 28.1. The molecule has 0 radical (unpaired) electrons. The van der Waals surface area contributed by atoms with Crippen LogP contribution < -0.4 is 0 Å². The van der Waals surface area contributed by atoms with Gasteiger partial charge in [0, 0.05) is 17.4 Å². The van der Waals surface area contributed by atoms with Gasteiger partial charge in [0.25, 0.3) is 0 Å². The molecule has 1 N–H and O–H groups in total. The quantitative estimate of drug-likeness (QED) is 0.258. The summed E-state index contributed by atoms with van der Waals surface area (Å²) in [6.07, 6.45) is 13.7. The molecule has 1 heterocycles. The number of methoxy groups -OCH3 is 1. The van der Waals surface area contributed by atoms with Gasteiger partial charge < -0.3 is 9.84 Å². The first-order valence-corrected chi connectivity index (χ1v) is 10.7. The van der Waals surface area contributed by atoms with Gasteiger partial charge in [0.2, 0.25) is 0 Å². The number of hydrogen-bond donors (Lipinski definition) is 1. The maximum absolute atomic E-state index is 12.2. The molecule has 2 unspecified atom stereocenters. The van der Waals surface area contributed by atoms with Crippen LogP contribution in [0.25, 0.3) is 0 Å². The van der Waals surface area contributed by atoms with Crippen LogP contribution in [-0.2, 0) is 20.7 Å². The van der Waals surface area contributed by atoms with Crippen LogP contribution in [0.2, 0.25) is 0 Å². The smallest absolute Gasteiger partial charge is 0.305 e. The van der Waals surface area contributed by atoms with Crippen LogP contribution in [0.3, 0.4) is 0 Å². The molecule has 2 atom stereocenters. The number of esters is 1. The minimum absolute atomic E-state index is 0.00358. The van der Waals surface area contributed by atoms with Gasteiger partial charge in [0.05, 0.1) is 24.8 Å². The molecule has 1 aliphatic rings. The van der Waals surface area contributed by atoms with Crippen molar-refractivity contribution in [3.05, 3.63) is 52.0 Å². The lowest BCUT2D eigenvalue weighted by Crippen LogP contribution is -2.07. The molecule has 1 aromatic rings. The molecule has 5 nitrogen and oxygen atoms in total. The summed E-state index contributed by atoms with van der Waals surface area (Å²) < 4.78 is 4.64. The van der Waals surface area contributed by atoms with Crippen LogP contribution in [0.4, 0.5) is 0 Å². The van der Waals surface area contributed by atoms with E-state index in [4.69, 9.17) is 0 Å². The molecule has 0 aromatic carbocycles. The van der Waals surface area contributed by atoms with Crippen molar-refractivity contribution < 1.29 is 19.4 Å². The number of aromatic nitrogens is 1. The Kier molecular flexibility index (Phi) is 9.31. The standard InChI is InChI=1S/C22H29NO4S/c1-3-4-5-9-17(24)11-12-18-19(13-14-20(18)25)22-23-16(15-28-22)8-6-7-10-21(26)27-2/h4-5,12-15,17,19,24H,3,6-11H2,1-2H3. The van der Waals surface area contributed by atoms with Crippen molar-refractivity contribution in [1.29, 1.82) is 0 Å². The van der Waals surface area contributed by atoms with E-state index in [1.165, 1.54) is 7.11 Å². The van der Waals surface area contributed by atoms with E-state index < -0.39 is 6.10 Å². The predicted molar refractivity (Wildman–Crippen MR) is 111 cm³/mol. The number of ether oxygens (including phenoxy) is 1. The lowest BCUT2D eigenvalue weighted by molar-refractivity contribution is -0.140. The molecule has 0 fully saturated rings. The number of rotatable bonds is 11. The van der Waals surface area contributed by atoms with E-state index in [2.05, 4.69) is 16.6 Å². The van der Waals surface area contributed by atoms with Crippen LogP contribution in [-0.4, -0.2) is 35.1 Å². The first-order valence-electron chi connectivity index (χ1n) is 9.81. The van der Waals surface area contributed by atoms with Gasteiger partial charge in [-0.15, -0.1) is 11.3 Å². The van der Waals surface area contributed by atoms with Crippen LogP contribution in [0.5, 0.6) is 0 Å². The summed E-state index contributed by atoms with van der Waals surface area (Å²) in [5.41, 5.74) is 1.69. The molecule has 0 saturated heterocycles. The highest BCUT2D eigenvalue weighted by Crippen LogP contribution is 2.34. The van der Waals surface area contributed by atoms with E-state index >= 15 is 0 Å². The molecule has 0 amide bonds. The van der Waals surface area contributed by atoms with Gasteiger partial charge in [-0.25, -0.2) is 4.98 Å². The van der Waals surface area contributed by atoms with Gasteiger partial charge in [0.15, 0.2) is 5.78 Å². The Morgan fingerprint density at radius 2 is 2.18 bits per heavy atom. The topological polar surface area (TPSA) is 76.5 Å².